The second-order valence-electron chi connectivity index (χ2n) is 6.08. The summed E-state index contributed by atoms with van der Waals surface area (Å²) in [5, 5.41) is 0. The van der Waals surface area contributed by atoms with Crippen molar-refractivity contribution in [2.24, 2.45) is 5.73 Å². The van der Waals surface area contributed by atoms with E-state index in [9.17, 15) is 0 Å². The van der Waals surface area contributed by atoms with Gasteiger partial charge in [0.15, 0.2) is 0 Å². The van der Waals surface area contributed by atoms with Crippen LogP contribution in [-0.4, -0.2) is 0 Å². The van der Waals surface area contributed by atoms with Gasteiger partial charge >= 0.3 is 0 Å². The van der Waals surface area contributed by atoms with E-state index in [2.05, 4.69) is 56.8 Å². The minimum Gasteiger partial charge on any atom is -0.321 e. The van der Waals surface area contributed by atoms with E-state index in [0.29, 0.717) is 0 Å². The lowest BCUT2D eigenvalue weighted by atomic mass is 9.81. The number of rotatable bonds is 7. The molecule has 0 aliphatic carbocycles. The fourth-order valence-electron chi connectivity index (χ4n) is 3.13. The van der Waals surface area contributed by atoms with E-state index in [1.54, 1.807) is 0 Å². The maximum atomic E-state index is 6.72. The van der Waals surface area contributed by atoms with E-state index < -0.39 is 0 Å². The lowest BCUT2D eigenvalue weighted by molar-refractivity contribution is 0.369. The van der Waals surface area contributed by atoms with E-state index in [1.165, 1.54) is 5.56 Å². The lowest BCUT2D eigenvalue weighted by Crippen LogP contribution is -2.36. The summed E-state index contributed by atoms with van der Waals surface area (Å²) >= 11 is 0. The van der Waals surface area contributed by atoms with Crippen molar-refractivity contribution < 1.29 is 0 Å². The summed E-state index contributed by atoms with van der Waals surface area (Å²) in [5.41, 5.74) is 11.1. The van der Waals surface area contributed by atoms with Crippen LogP contribution in [0.3, 0.4) is 0 Å². The van der Waals surface area contributed by atoms with Gasteiger partial charge in [-0.2, -0.15) is 0 Å². The molecular formula is C21H27N. The Balaban J connectivity index is 2.35. The molecule has 1 heteroatoms. The zero-order valence-electron chi connectivity index (χ0n) is 13.8. The van der Waals surface area contributed by atoms with Crippen LogP contribution in [0.1, 0.15) is 56.2 Å². The smallest absolute Gasteiger partial charge is 0.0409 e. The molecule has 0 amide bonds. The van der Waals surface area contributed by atoms with Crippen molar-refractivity contribution >= 4 is 5.57 Å². The van der Waals surface area contributed by atoms with Crippen LogP contribution < -0.4 is 5.73 Å². The molecule has 1 nitrogen and oxygen atoms in total. The van der Waals surface area contributed by atoms with Gasteiger partial charge in [-0.15, -0.1) is 0 Å². The van der Waals surface area contributed by atoms with Gasteiger partial charge in [-0.3, -0.25) is 0 Å². The first-order chi connectivity index (χ1) is 10.6. The second-order valence-corrected chi connectivity index (χ2v) is 6.08. The number of hydrogen-bond acceptors (Lipinski definition) is 1. The molecule has 2 aromatic rings. The van der Waals surface area contributed by atoms with Crippen LogP contribution in [0.15, 0.2) is 61.2 Å². The normalized spacial score (nSPS) is 11.4. The first kappa shape index (κ1) is 16.5. The highest BCUT2D eigenvalue weighted by atomic mass is 14.7. The van der Waals surface area contributed by atoms with Gasteiger partial charge in [0.05, 0.1) is 0 Å². The van der Waals surface area contributed by atoms with Crippen LogP contribution in [0, 0.1) is 0 Å². The average molecular weight is 293 g/mol. The minimum absolute atomic E-state index is 0.226. The van der Waals surface area contributed by atoms with Gasteiger partial charge in [-0.05, 0) is 41.2 Å². The SMILES string of the molecule is C=C(c1ccccc1)c1cccc(C(N)(CCC)CCC)c1. The molecule has 0 aliphatic rings. The predicted octanol–water partition coefficient (Wildman–Crippen LogP) is 5.50. The lowest BCUT2D eigenvalue weighted by Gasteiger charge is -2.30. The molecule has 116 valence electrons. The molecule has 0 atom stereocenters. The summed E-state index contributed by atoms with van der Waals surface area (Å²) < 4.78 is 0. The molecule has 0 heterocycles. The molecular weight excluding hydrogens is 266 g/mol. The summed E-state index contributed by atoms with van der Waals surface area (Å²) in [6, 6.07) is 18.9. The van der Waals surface area contributed by atoms with Crippen LogP contribution in [0.2, 0.25) is 0 Å². The highest BCUT2D eigenvalue weighted by Crippen LogP contribution is 2.31. The van der Waals surface area contributed by atoms with Crippen molar-refractivity contribution in [3.8, 4) is 0 Å². The highest BCUT2D eigenvalue weighted by molar-refractivity contribution is 5.78. The van der Waals surface area contributed by atoms with Gasteiger partial charge in [0.25, 0.3) is 0 Å². The maximum Gasteiger partial charge on any atom is 0.0409 e. The summed E-state index contributed by atoms with van der Waals surface area (Å²) in [4.78, 5) is 0. The Morgan fingerprint density at radius 3 is 2.09 bits per heavy atom. The topological polar surface area (TPSA) is 26.0 Å². The van der Waals surface area contributed by atoms with Crippen molar-refractivity contribution in [3.63, 3.8) is 0 Å². The average Bonchev–Trinajstić information content (AvgIpc) is 2.55. The molecule has 2 aromatic carbocycles. The van der Waals surface area contributed by atoms with Crippen molar-refractivity contribution in [1.82, 2.24) is 0 Å². The van der Waals surface area contributed by atoms with Gasteiger partial charge in [-0.25, -0.2) is 0 Å². The van der Waals surface area contributed by atoms with Crippen molar-refractivity contribution in [2.45, 2.75) is 45.1 Å². The summed E-state index contributed by atoms with van der Waals surface area (Å²) in [5.74, 6) is 0. The Labute approximate surface area is 134 Å². The van der Waals surface area contributed by atoms with E-state index >= 15 is 0 Å². The van der Waals surface area contributed by atoms with Gasteiger partial charge < -0.3 is 5.73 Å². The fraction of sp³-hybridized carbons (Fsp3) is 0.333. The monoisotopic (exact) mass is 293 g/mol. The van der Waals surface area contributed by atoms with E-state index in [4.69, 9.17) is 5.73 Å². The zero-order valence-corrected chi connectivity index (χ0v) is 13.8. The Bertz CT molecular complexity index is 607. The molecule has 0 saturated carbocycles. The molecule has 0 aliphatic heterocycles. The zero-order chi connectivity index (χ0) is 16.0. The Kier molecular flexibility index (Phi) is 5.57. The Morgan fingerprint density at radius 1 is 0.909 bits per heavy atom. The molecule has 2 rings (SSSR count). The molecule has 0 aromatic heterocycles. The second kappa shape index (κ2) is 7.42. The van der Waals surface area contributed by atoms with Crippen LogP contribution in [0.4, 0.5) is 0 Å². The van der Waals surface area contributed by atoms with Gasteiger partial charge in [0.1, 0.15) is 0 Å². The summed E-state index contributed by atoms with van der Waals surface area (Å²) in [6.45, 7) is 8.67. The van der Waals surface area contributed by atoms with E-state index in [0.717, 1.165) is 42.4 Å². The molecule has 0 saturated heterocycles. The molecule has 0 radical (unpaired) electrons. The fourth-order valence-corrected chi connectivity index (χ4v) is 3.13. The van der Waals surface area contributed by atoms with Crippen molar-refractivity contribution in [1.29, 1.82) is 0 Å². The van der Waals surface area contributed by atoms with Gasteiger partial charge in [0, 0.05) is 5.54 Å². The Hall–Kier alpha value is -1.86. The largest absolute Gasteiger partial charge is 0.321 e. The summed E-state index contributed by atoms with van der Waals surface area (Å²) in [7, 11) is 0. The molecule has 22 heavy (non-hydrogen) atoms. The molecule has 0 unspecified atom stereocenters. The number of hydrogen-bond donors (Lipinski definition) is 1. The number of nitrogens with two attached hydrogens (primary N) is 1. The standard InChI is InChI=1S/C21H27N/c1-4-14-21(22,15-5-2)20-13-9-12-19(16-20)17(3)18-10-7-6-8-11-18/h6-13,16H,3-5,14-15,22H2,1-2H3. The third kappa shape index (κ3) is 3.66. The minimum atomic E-state index is -0.226. The Morgan fingerprint density at radius 2 is 1.50 bits per heavy atom. The number of benzene rings is 2. The maximum absolute atomic E-state index is 6.72. The van der Waals surface area contributed by atoms with Crippen LogP contribution >= 0.6 is 0 Å². The predicted molar refractivity (Wildman–Crippen MR) is 96.7 cm³/mol. The third-order valence-corrected chi connectivity index (χ3v) is 4.30. The van der Waals surface area contributed by atoms with Crippen molar-refractivity contribution in [2.75, 3.05) is 0 Å². The molecule has 0 fully saturated rings. The molecule has 2 N–H and O–H groups in total. The third-order valence-electron chi connectivity index (χ3n) is 4.30. The van der Waals surface area contributed by atoms with Crippen LogP contribution in [-0.2, 0) is 5.54 Å². The summed E-state index contributed by atoms with van der Waals surface area (Å²) in [6.07, 6.45) is 4.23. The van der Waals surface area contributed by atoms with Crippen LogP contribution in [0.5, 0.6) is 0 Å². The van der Waals surface area contributed by atoms with Gasteiger partial charge in [0.2, 0.25) is 0 Å². The first-order valence-electron chi connectivity index (χ1n) is 8.25. The quantitative estimate of drug-likeness (QED) is 0.716. The van der Waals surface area contributed by atoms with E-state index in [1.807, 2.05) is 18.2 Å². The van der Waals surface area contributed by atoms with Crippen molar-refractivity contribution in [3.05, 3.63) is 77.9 Å². The van der Waals surface area contributed by atoms with E-state index in [-0.39, 0.29) is 5.54 Å². The van der Waals surface area contributed by atoms with Crippen LogP contribution in [0.25, 0.3) is 5.57 Å². The molecule has 0 spiro atoms. The molecule has 0 bridgehead atoms. The highest BCUT2D eigenvalue weighted by Gasteiger charge is 2.25. The van der Waals surface area contributed by atoms with Gasteiger partial charge in [-0.1, -0.05) is 81.8 Å². The first-order valence-corrected chi connectivity index (χ1v) is 8.25.